The third kappa shape index (κ3) is 6.03. The summed E-state index contributed by atoms with van der Waals surface area (Å²) in [6.45, 7) is -1.86. The molecule has 0 amide bonds. The number of hydrogen-bond acceptors (Lipinski definition) is 3. The molecule has 3 aromatic rings. The van der Waals surface area contributed by atoms with Crippen molar-refractivity contribution < 1.29 is 13.5 Å². The zero-order chi connectivity index (χ0) is 20.5. The van der Waals surface area contributed by atoms with E-state index in [9.17, 15) is 8.78 Å². The van der Waals surface area contributed by atoms with Gasteiger partial charge in [0, 0.05) is 38.1 Å². The summed E-state index contributed by atoms with van der Waals surface area (Å²) < 4.78 is 31.4. The Balaban J connectivity index is 1.47. The van der Waals surface area contributed by atoms with Crippen LogP contribution in [0.3, 0.4) is 0 Å². The molecule has 29 heavy (non-hydrogen) atoms. The van der Waals surface area contributed by atoms with Gasteiger partial charge < -0.3 is 15.4 Å². The highest BCUT2D eigenvalue weighted by molar-refractivity contribution is 5.79. The van der Waals surface area contributed by atoms with Crippen LogP contribution in [0.5, 0.6) is 5.75 Å². The fourth-order valence-corrected chi connectivity index (χ4v) is 2.82. The van der Waals surface area contributed by atoms with E-state index in [2.05, 4.69) is 37.6 Å². The number of ether oxygens (including phenoxy) is 1. The Hall–Kier alpha value is -3.42. The molecule has 0 bridgehead atoms. The lowest BCUT2D eigenvalue weighted by Gasteiger charge is -2.14. The molecule has 0 saturated carbocycles. The monoisotopic (exact) mass is 399 g/mol. The first-order valence-electron chi connectivity index (χ1n) is 9.22. The van der Waals surface area contributed by atoms with Crippen LogP contribution in [0.2, 0.25) is 0 Å². The number of aliphatic imine (C=N–C) groups is 1. The molecule has 8 heteroatoms. The quantitative estimate of drug-likeness (QED) is 0.450. The standard InChI is InChI=1S/C21H23F2N5O/c1-24-21(26-15-17-5-2-3-6-19(17)29-20(22)23)25-13-11-16-7-9-18(10-8-16)28-14-4-12-27-28/h2-10,12,14,20H,11,13,15H2,1H3,(H2,24,25,26). The Morgan fingerprint density at radius 1 is 1.10 bits per heavy atom. The number of halogens is 2. The third-order valence-corrected chi connectivity index (χ3v) is 4.27. The van der Waals surface area contributed by atoms with Crippen LogP contribution in [-0.2, 0) is 13.0 Å². The molecule has 0 atom stereocenters. The van der Waals surface area contributed by atoms with E-state index in [1.165, 1.54) is 11.6 Å². The van der Waals surface area contributed by atoms with E-state index in [-0.39, 0.29) is 5.75 Å². The molecule has 0 aliphatic carbocycles. The number of rotatable bonds is 8. The molecular weight excluding hydrogens is 376 g/mol. The normalized spacial score (nSPS) is 11.5. The molecule has 0 saturated heterocycles. The van der Waals surface area contributed by atoms with Crippen molar-refractivity contribution in [1.29, 1.82) is 0 Å². The lowest BCUT2D eigenvalue weighted by Crippen LogP contribution is -2.37. The van der Waals surface area contributed by atoms with Crippen molar-refractivity contribution in [3.63, 3.8) is 0 Å². The molecule has 0 aliphatic heterocycles. The number of benzene rings is 2. The molecule has 1 heterocycles. The van der Waals surface area contributed by atoms with Crippen molar-refractivity contribution in [2.24, 2.45) is 4.99 Å². The number of nitrogens with one attached hydrogen (secondary N) is 2. The van der Waals surface area contributed by atoms with Crippen LogP contribution in [0.15, 0.2) is 72.0 Å². The molecule has 0 aliphatic rings. The van der Waals surface area contributed by atoms with E-state index in [0.29, 0.717) is 24.6 Å². The predicted molar refractivity (Wildman–Crippen MR) is 109 cm³/mol. The van der Waals surface area contributed by atoms with Crippen LogP contribution >= 0.6 is 0 Å². The summed E-state index contributed by atoms with van der Waals surface area (Å²) >= 11 is 0. The van der Waals surface area contributed by atoms with E-state index in [4.69, 9.17) is 0 Å². The van der Waals surface area contributed by atoms with Crippen LogP contribution in [-0.4, -0.2) is 35.9 Å². The number of para-hydroxylation sites is 1. The first-order chi connectivity index (χ1) is 14.2. The van der Waals surface area contributed by atoms with Gasteiger partial charge in [-0.05, 0) is 36.2 Å². The fraction of sp³-hybridized carbons (Fsp3) is 0.238. The highest BCUT2D eigenvalue weighted by Crippen LogP contribution is 2.19. The second-order valence-electron chi connectivity index (χ2n) is 6.21. The fourth-order valence-electron chi connectivity index (χ4n) is 2.82. The molecule has 3 rings (SSSR count). The molecule has 1 aromatic heterocycles. The van der Waals surface area contributed by atoms with Crippen molar-refractivity contribution in [2.75, 3.05) is 13.6 Å². The van der Waals surface area contributed by atoms with E-state index < -0.39 is 6.61 Å². The summed E-state index contributed by atoms with van der Waals surface area (Å²) in [6, 6.07) is 16.7. The Morgan fingerprint density at radius 3 is 2.59 bits per heavy atom. The van der Waals surface area contributed by atoms with Gasteiger partial charge >= 0.3 is 6.61 Å². The average Bonchev–Trinajstić information content (AvgIpc) is 3.26. The van der Waals surface area contributed by atoms with Crippen molar-refractivity contribution in [3.05, 3.63) is 78.1 Å². The minimum atomic E-state index is -2.85. The van der Waals surface area contributed by atoms with Gasteiger partial charge in [-0.1, -0.05) is 30.3 Å². The molecule has 152 valence electrons. The first-order valence-corrected chi connectivity index (χ1v) is 9.22. The number of hydrogen-bond donors (Lipinski definition) is 2. The summed E-state index contributed by atoms with van der Waals surface area (Å²) in [6.07, 6.45) is 4.45. The highest BCUT2D eigenvalue weighted by atomic mass is 19.3. The zero-order valence-electron chi connectivity index (χ0n) is 16.1. The van der Waals surface area contributed by atoms with Crippen molar-refractivity contribution in [3.8, 4) is 11.4 Å². The summed E-state index contributed by atoms with van der Waals surface area (Å²) in [5.41, 5.74) is 2.82. The third-order valence-electron chi connectivity index (χ3n) is 4.27. The molecular formula is C21H23F2N5O. The molecule has 0 spiro atoms. The molecule has 2 aromatic carbocycles. The van der Waals surface area contributed by atoms with Gasteiger partial charge in [-0.3, -0.25) is 4.99 Å². The van der Waals surface area contributed by atoms with Crippen LogP contribution in [0.25, 0.3) is 5.69 Å². The second-order valence-corrected chi connectivity index (χ2v) is 6.21. The van der Waals surface area contributed by atoms with Gasteiger partial charge in [-0.2, -0.15) is 13.9 Å². The molecule has 0 fully saturated rings. The van der Waals surface area contributed by atoms with Gasteiger partial charge in [0.05, 0.1) is 5.69 Å². The van der Waals surface area contributed by atoms with Crippen LogP contribution in [0, 0.1) is 0 Å². The highest BCUT2D eigenvalue weighted by Gasteiger charge is 2.09. The van der Waals surface area contributed by atoms with Gasteiger partial charge in [0.1, 0.15) is 5.75 Å². The Kier molecular flexibility index (Phi) is 7.16. The van der Waals surface area contributed by atoms with E-state index >= 15 is 0 Å². The van der Waals surface area contributed by atoms with Crippen LogP contribution < -0.4 is 15.4 Å². The SMILES string of the molecule is CN=C(NCCc1ccc(-n2cccn2)cc1)NCc1ccccc1OC(F)F. The minimum absolute atomic E-state index is 0.155. The maximum atomic E-state index is 12.5. The Morgan fingerprint density at radius 2 is 1.90 bits per heavy atom. The van der Waals surface area contributed by atoms with E-state index in [0.717, 1.165) is 12.1 Å². The molecule has 0 unspecified atom stereocenters. The summed E-state index contributed by atoms with van der Waals surface area (Å²) in [5, 5.41) is 10.5. The summed E-state index contributed by atoms with van der Waals surface area (Å²) in [4.78, 5) is 4.17. The summed E-state index contributed by atoms with van der Waals surface area (Å²) in [5.74, 6) is 0.743. The minimum Gasteiger partial charge on any atom is -0.434 e. The number of aromatic nitrogens is 2. The number of guanidine groups is 1. The molecule has 2 N–H and O–H groups in total. The maximum absolute atomic E-state index is 12.5. The first kappa shape index (κ1) is 20.3. The Labute approximate surface area is 168 Å². The van der Waals surface area contributed by atoms with Gasteiger partial charge in [-0.25, -0.2) is 4.68 Å². The van der Waals surface area contributed by atoms with Gasteiger partial charge in [-0.15, -0.1) is 0 Å². The van der Waals surface area contributed by atoms with Gasteiger partial charge in [0.25, 0.3) is 0 Å². The average molecular weight is 399 g/mol. The second kappa shape index (κ2) is 10.2. The predicted octanol–water partition coefficient (Wildman–Crippen LogP) is 3.38. The molecule has 6 nitrogen and oxygen atoms in total. The lowest BCUT2D eigenvalue weighted by atomic mass is 10.1. The topological polar surface area (TPSA) is 63.5 Å². The number of nitrogens with zero attached hydrogens (tertiary/aromatic N) is 3. The van der Waals surface area contributed by atoms with Crippen molar-refractivity contribution in [2.45, 2.75) is 19.6 Å². The summed E-state index contributed by atoms with van der Waals surface area (Å²) in [7, 11) is 1.66. The Bertz CT molecular complexity index is 911. The van der Waals surface area contributed by atoms with Crippen LogP contribution in [0.1, 0.15) is 11.1 Å². The maximum Gasteiger partial charge on any atom is 0.387 e. The van der Waals surface area contributed by atoms with Crippen molar-refractivity contribution >= 4 is 5.96 Å². The zero-order valence-corrected chi connectivity index (χ0v) is 16.1. The lowest BCUT2D eigenvalue weighted by molar-refractivity contribution is -0.0504. The van der Waals surface area contributed by atoms with Gasteiger partial charge in [0.15, 0.2) is 5.96 Å². The van der Waals surface area contributed by atoms with Crippen molar-refractivity contribution in [1.82, 2.24) is 20.4 Å². The largest absolute Gasteiger partial charge is 0.434 e. The molecule has 0 radical (unpaired) electrons. The van der Waals surface area contributed by atoms with E-state index in [1.54, 1.807) is 31.4 Å². The number of alkyl halides is 2. The smallest absolute Gasteiger partial charge is 0.387 e. The van der Waals surface area contributed by atoms with Crippen LogP contribution in [0.4, 0.5) is 8.78 Å². The van der Waals surface area contributed by atoms with E-state index in [1.807, 2.05) is 29.1 Å². The van der Waals surface area contributed by atoms with Gasteiger partial charge in [0.2, 0.25) is 0 Å².